The Labute approximate surface area is 105 Å². The van der Waals surface area contributed by atoms with Crippen LogP contribution >= 0.6 is 0 Å². The average molecular weight is 235 g/mol. The molecule has 17 heavy (non-hydrogen) atoms. The van der Waals surface area contributed by atoms with Gasteiger partial charge in [-0.05, 0) is 23.8 Å². The van der Waals surface area contributed by atoms with Crippen LogP contribution in [0.1, 0.15) is 38.7 Å². The molecule has 0 saturated carbocycles. The first-order chi connectivity index (χ1) is 8.13. The van der Waals surface area contributed by atoms with Crippen molar-refractivity contribution in [1.82, 2.24) is 5.32 Å². The number of rotatable bonds is 7. The lowest BCUT2D eigenvalue weighted by Gasteiger charge is -2.21. The number of hydrogen-bond donors (Lipinski definition) is 2. The number of benzene rings is 1. The summed E-state index contributed by atoms with van der Waals surface area (Å²) in [5, 5.41) is 12.7. The van der Waals surface area contributed by atoms with Crippen molar-refractivity contribution in [2.75, 3.05) is 13.2 Å². The van der Waals surface area contributed by atoms with Gasteiger partial charge < -0.3 is 10.4 Å². The Morgan fingerprint density at radius 3 is 2.29 bits per heavy atom. The molecule has 96 valence electrons. The highest BCUT2D eigenvalue weighted by molar-refractivity contribution is 5.18. The van der Waals surface area contributed by atoms with Crippen LogP contribution < -0.4 is 5.32 Å². The molecule has 1 aromatic rings. The fourth-order valence-corrected chi connectivity index (χ4v) is 2.03. The maximum atomic E-state index is 9.30. The van der Waals surface area contributed by atoms with Gasteiger partial charge in [0, 0.05) is 12.6 Å². The van der Waals surface area contributed by atoms with Crippen LogP contribution in [0.15, 0.2) is 30.3 Å². The SMILES string of the molecule is CC(C)CC(CO)NCC(C)c1ccccc1. The standard InChI is InChI=1S/C15H25NO/c1-12(2)9-15(11-17)16-10-13(3)14-7-5-4-6-8-14/h4-8,12-13,15-17H,9-11H2,1-3H3. The lowest BCUT2D eigenvalue weighted by molar-refractivity contribution is 0.223. The molecule has 0 aliphatic heterocycles. The van der Waals surface area contributed by atoms with Crippen LogP contribution in [-0.4, -0.2) is 24.3 Å². The van der Waals surface area contributed by atoms with E-state index in [-0.39, 0.29) is 12.6 Å². The van der Waals surface area contributed by atoms with Gasteiger partial charge in [0.1, 0.15) is 0 Å². The van der Waals surface area contributed by atoms with Gasteiger partial charge in [0.15, 0.2) is 0 Å². The molecule has 0 fully saturated rings. The van der Waals surface area contributed by atoms with Crippen molar-refractivity contribution in [1.29, 1.82) is 0 Å². The molecule has 2 unspecified atom stereocenters. The zero-order valence-corrected chi connectivity index (χ0v) is 11.2. The molecule has 0 spiro atoms. The number of aliphatic hydroxyl groups excluding tert-OH is 1. The van der Waals surface area contributed by atoms with Gasteiger partial charge in [0.25, 0.3) is 0 Å². The van der Waals surface area contributed by atoms with Gasteiger partial charge in [0.2, 0.25) is 0 Å². The first-order valence-electron chi connectivity index (χ1n) is 6.52. The molecule has 0 amide bonds. The summed E-state index contributed by atoms with van der Waals surface area (Å²) in [5.74, 6) is 1.10. The minimum Gasteiger partial charge on any atom is -0.395 e. The Kier molecular flexibility index (Phi) is 6.23. The summed E-state index contributed by atoms with van der Waals surface area (Å²) in [6, 6.07) is 10.7. The summed E-state index contributed by atoms with van der Waals surface area (Å²) < 4.78 is 0. The predicted molar refractivity (Wildman–Crippen MR) is 73.2 cm³/mol. The van der Waals surface area contributed by atoms with Gasteiger partial charge in [-0.2, -0.15) is 0 Å². The van der Waals surface area contributed by atoms with Gasteiger partial charge in [-0.3, -0.25) is 0 Å². The van der Waals surface area contributed by atoms with Crippen molar-refractivity contribution in [2.45, 2.75) is 39.2 Å². The number of aliphatic hydroxyl groups is 1. The van der Waals surface area contributed by atoms with Gasteiger partial charge in [0.05, 0.1) is 6.61 Å². The molecule has 0 aromatic heterocycles. The van der Waals surface area contributed by atoms with Crippen LogP contribution in [0, 0.1) is 5.92 Å². The third-order valence-electron chi connectivity index (χ3n) is 3.06. The molecule has 0 heterocycles. The van der Waals surface area contributed by atoms with E-state index in [4.69, 9.17) is 0 Å². The van der Waals surface area contributed by atoms with E-state index in [2.05, 4.69) is 50.4 Å². The summed E-state index contributed by atoms with van der Waals surface area (Å²) in [6.07, 6.45) is 1.03. The molecule has 0 aliphatic rings. The van der Waals surface area contributed by atoms with Gasteiger partial charge in [-0.15, -0.1) is 0 Å². The molecule has 1 aromatic carbocycles. The third kappa shape index (κ3) is 5.33. The number of hydrogen-bond acceptors (Lipinski definition) is 2. The van der Waals surface area contributed by atoms with E-state index in [0.717, 1.165) is 13.0 Å². The van der Waals surface area contributed by atoms with Crippen LogP contribution in [0.3, 0.4) is 0 Å². The lowest BCUT2D eigenvalue weighted by atomic mass is 9.99. The molecular weight excluding hydrogens is 210 g/mol. The highest BCUT2D eigenvalue weighted by Crippen LogP contribution is 2.14. The quantitative estimate of drug-likeness (QED) is 0.761. The largest absolute Gasteiger partial charge is 0.395 e. The summed E-state index contributed by atoms with van der Waals surface area (Å²) in [6.45, 7) is 7.73. The Hall–Kier alpha value is -0.860. The van der Waals surface area contributed by atoms with E-state index in [1.807, 2.05) is 6.07 Å². The van der Waals surface area contributed by atoms with Gasteiger partial charge in [-0.1, -0.05) is 51.1 Å². The van der Waals surface area contributed by atoms with E-state index >= 15 is 0 Å². The minimum atomic E-state index is 0.222. The highest BCUT2D eigenvalue weighted by Gasteiger charge is 2.11. The van der Waals surface area contributed by atoms with Crippen LogP contribution in [0.4, 0.5) is 0 Å². The van der Waals surface area contributed by atoms with Crippen molar-refractivity contribution in [3.63, 3.8) is 0 Å². The minimum absolute atomic E-state index is 0.222. The molecule has 0 radical (unpaired) electrons. The van der Waals surface area contributed by atoms with Crippen LogP contribution in [-0.2, 0) is 0 Å². The molecule has 2 heteroatoms. The molecule has 2 atom stereocenters. The van der Waals surface area contributed by atoms with E-state index in [1.165, 1.54) is 5.56 Å². The van der Waals surface area contributed by atoms with Crippen LogP contribution in [0.5, 0.6) is 0 Å². The zero-order chi connectivity index (χ0) is 12.7. The molecule has 0 aliphatic carbocycles. The lowest BCUT2D eigenvalue weighted by Crippen LogP contribution is -2.36. The number of nitrogens with one attached hydrogen (secondary N) is 1. The monoisotopic (exact) mass is 235 g/mol. The average Bonchev–Trinajstić information content (AvgIpc) is 2.34. The topological polar surface area (TPSA) is 32.3 Å². The Morgan fingerprint density at radius 1 is 1.12 bits per heavy atom. The van der Waals surface area contributed by atoms with E-state index < -0.39 is 0 Å². The van der Waals surface area contributed by atoms with E-state index in [0.29, 0.717) is 11.8 Å². The third-order valence-corrected chi connectivity index (χ3v) is 3.06. The van der Waals surface area contributed by atoms with E-state index in [9.17, 15) is 5.11 Å². The molecule has 2 N–H and O–H groups in total. The first-order valence-corrected chi connectivity index (χ1v) is 6.52. The van der Waals surface area contributed by atoms with E-state index in [1.54, 1.807) is 0 Å². The normalized spacial score (nSPS) is 14.9. The second-order valence-corrected chi connectivity index (χ2v) is 5.23. The van der Waals surface area contributed by atoms with Crippen LogP contribution in [0.25, 0.3) is 0 Å². The van der Waals surface area contributed by atoms with Gasteiger partial charge in [-0.25, -0.2) is 0 Å². The fourth-order valence-electron chi connectivity index (χ4n) is 2.03. The fraction of sp³-hybridized carbons (Fsp3) is 0.600. The maximum absolute atomic E-state index is 9.30. The molecular formula is C15H25NO. The first kappa shape index (κ1) is 14.2. The van der Waals surface area contributed by atoms with Crippen molar-refractivity contribution in [2.24, 2.45) is 5.92 Å². The highest BCUT2D eigenvalue weighted by atomic mass is 16.3. The Morgan fingerprint density at radius 2 is 1.76 bits per heavy atom. The van der Waals surface area contributed by atoms with Crippen LogP contribution in [0.2, 0.25) is 0 Å². The van der Waals surface area contributed by atoms with Gasteiger partial charge >= 0.3 is 0 Å². The molecule has 0 saturated heterocycles. The summed E-state index contributed by atoms with van der Waals surface area (Å²) in [7, 11) is 0. The smallest absolute Gasteiger partial charge is 0.0584 e. The molecule has 1 rings (SSSR count). The predicted octanol–water partition coefficient (Wildman–Crippen LogP) is 2.79. The van der Waals surface area contributed by atoms with Crippen molar-refractivity contribution in [3.05, 3.63) is 35.9 Å². The van der Waals surface area contributed by atoms with Crippen molar-refractivity contribution in [3.8, 4) is 0 Å². The molecule has 2 nitrogen and oxygen atoms in total. The maximum Gasteiger partial charge on any atom is 0.0584 e. The second kappa shape index (κ2) is 7.46. The Bertz CT molecular complexity index is 297. The summed E-state index contributed by atoms with van der Waals surface area (Å²) >= 11 is 0. The zero-order valence-electron chi connectivity index (χ0n) is 11.2. The molecule has 0 bridgehead atoms. The Balaban J connectivity index is 2.39. The summed E-state index contributed by atoms with van der Waals surface area (Å²) in [4.78, 5) is 0. The van der Waals surface area contributed by atoms with Crippen molar-refractivity contribution < 1.29 is 5.11 Å². The summed E-state index contributed by atoms with van der Waals surface area (Å²) in [5.41, 5.74) is 1.35. The second-order valence-electron chi connectivity index (χ2n) is 5.23. The van der Waals surface area contributed by atoms with Crippen molar-refractivity contribution >= 4 is 0 Å².